The maximum atomic E-state index is 12.0. The summed E-state index contributed by atoms with van der Waals surface area (Å²) in [7, 11) is 3.85. The highest BCUT2D eigenvalue weighted by Gasteiger charge is 2.18. The molecule has 0 saturated carbocycles. The van der Waals surface area contributed by atoms with Gasteiger partial charge in [-0.1, -0.05) is 18.5 Å². The molecule has 0 bridgehead atoms. The molecule has 7 heteroatoms. The lowest BCUT2D eigenvalue weighted by Gasteiger charge is -2.22. The summed E-state index contributed by atoms with van der Waals surface area (Å²) in [6.07, 6.45) is 2.12. The summed E-state index contributed by atoms with van der Waals surface area (Å²) in [4.78, 5) is 14.0. The maximum Gasteiger partial charge on any atom is 0.287 e. The lowest BCUT2D eigenvalue weighted by atomic mass is 10.0. The van der Waals surface area contributed by atoms with E-state index in [2.05, 4.69) is 10.4 Å². The second-order valence-electron chi connectivity index (χ2n) is 5.41. The van der Waals surface area contributed by atoms with Crippen LogP contribution in [0.25, 0.3) is 0 Å². The number of nitrogens with zero attached hydrogens (tertiary/aromatic N) is 3. The lowest BCUT2D eigenvalue weighted by Crippen LogP contribution is -2.34. The molecule has 0 fully saturated rings. The second kappa shape index (κ2) is 7.06. The van der Waals surface area contributed by atoms with Crippen molar-refractivity contribution in [2.24, 2.45) is 0 Å². The second-order valence-corrected chi connectivity index (χ2v) is 5.79. The van der Waals surface area contributed by atoms with Gasteiger partial charge in [-0.3, -0.25) is 4.79 Å². The van der Waals surface area contributed by atoms with Crippen molar-refractivity contribution in [3.05, 3.63) is 21.6 Å². The van der Waals surface area contributed by atoms with Crippen molar-refractivity contribution < 1.29 is 5.11 Å². The van der Waals surface area contributed by atoms with Gasteiger partial charge in [-0.2, -0.15) is 5.10 Å². The van der Waals surface area contributed by atoms with E-state index >= 15 is 0 Å². The Hall–Kier alpha value is -1.11. The van der Waals surface area contributed by atoms with Gasteiger partial charge in [0, 0.05) is 13.1 Å². The molecule has 0 radical (unpaired) electrons. The fourth-order valence-corrected chi connectivity index (χ4v) is 1.67. The highest BCUT2D eigenvalue weighted by atomic mass is 35.5. The Kier molecular flexibility index (Phi) is 5.98. The first kappa shape index (κ1) is 16.9. The minimum atomic E-state index is -0.844. The summed E-state index contributed by atoms with van der Waals surface area (Å²) in [5, 5.41) is 17.1. The molecule has 20 heavy (non-hydrogen) atoms. The predicted molar refractivity (Wildman–Crippen MR) is 81.5 cm³/mol. The third-order valence-corrected chi connectivity index (χ3v) is 3.53. The van der Waals surface area contributed by atoms with Crippen LogP contribution in [0, 0.1) is 0 Å². The van der Waals surface area contributed by atoms with E-state index in [-0.39, 0.29) is 10.6 Å². The summed E-state index contributed by atoms with van der Waals surface area (Å²) in [5.41, 5.74) is -0.718. The van der Waals surface area contributed by atoms with Gasteiger partial charge in [0.1, 0.15) is 5.02 Å². The molecule has 0 aliphatic heterocycles. The summed E-state index contributed by atoms with van der Waals surface area (Å²) in [6.45, 7) is 5.12. The molecule has 0 aromatic carbocycles. The maximum absolute atomic E-state index is 12.0. The molecule has 1 atom stereocenters. The summed E-state index contributed by atoms with van der Waals surface area (Å²) >= 11 is 6.05. The summed E-state index contributed by atoms with van der Waals surface area (Å²) < 4.78 is 1.34. The minimum absolute atomic E-state index is 0.102. The number of hydrogen-bond donors (Lipinski definition) is 2. The topological polar surface area (TPSA) is 70.4 Å². The molecule has 1 unspecified atom stereocenters. The van der Waals surface area contributed by atoms with Crippen molar-refractivity contribution in [1.29, 1.82) is 0 Å². The zero-order valence-electron chi connectivity index (χ0n) is 12.5. The molecule has 0 spiro atoms. The van der Waals surface area contributed by atoms with E-state index < -0.39 is 5.60 Å². The Labute approximate surface area is 124 Å². The zero-order valence-corrected chi connectivity index (χ0v) is 13.2. The average molecular weight is 303 g/mol. The van der Waals surface area contributed by atoms with Crippen LogP contribution in [-0.2, 0) is 6.54 Å². The number of likely N-dealkylation sites (N-methyl/N-ethyl adjacent to an activating group) is 1. The van der Waals surface area contributed by atoms with Crippen LogP contribution in [0.5, 0.6) is 0 Å². The van der Waals surface area contributed by atoms with Crippen LogP contribution >= 0.6 is 11.6 Å². The van der Waals surface area contributed by atoms with Crippen molar-refractivity contribution in [3.8, 4) is 0 Å². The zero-order chi connectivity index (χ0) is 15.3. The molecule has 0 aliphatic carbocycles. The van der Waals surface area contributed by atoms with Gasteiger partial charge in [0.05, 0.1) is 24.0 Å². The molecule has 0 aliphatic rings. The molecule has 1 aromatic rings. The standard InChI is InChI=1S/C13H23ClN4O2/c1-5-13(2,20)9-15-10-8-16-18(7-6-17(3)4)12(19)11(10)14/h8,15,20H,5-7,9H2,1-4H3. The van der Waals surface area contributed by atoms with Crippen molar-refractivity contribution in [2.45, 2.75) is 32.4 Å². The van der Waals surface area contributed by atoms with Gasteiger partial charge < -0.3 is 15.3 Å². The first-order valence-corrected chi connectivity index (χ1v) is 7.01. The number of rotatable bonds is 7. The minimum Gasteiger partial charge on any atom is -0.388 e. The Balaban J connectivity index is 2.81. The van der Waals surface area contributed by atoms with Gasteiger partial charge in [0.2, 0.25) is 0 Å². The Morgan fingerprint density at radius 2 is 2.20 bits per heavy atom. The summed E-state index contributed by atoms with van der Waals surface area (Å²) in [5.74, 6) is 0. The van der Waals surface area contributed by atoms with Crippen LogP contribution in [0.15, 0.2) is 11.0 Å². The first-order chi connectivity index (χ1) is 9.26. The van der Waals surface area contributed by atoms with Crippen LogP contribution in [-0.4, -0.2) is 52.6 Å². The fraction of sp³-hybridized carbons (Fsp3) is 0.692. The molecule has 1 heterocycles. The normalized spacial score (nSPS) is 14.3. The van der Waals surface area contributed by atoms with Gasteiger partial charge in [-0.25, -0.2) is 4.68 Å². The van der Waals surface area contributed by atoms with Crippen LogP contribution in [0.1, 0.15) is 20.3 Å². The third-order valence-electron chi connectivity index (χ3n) is 3.17. The molecule has 2 N–H and O–H groups in total. The molecular weight excluding hydrogens is 280 g/mol. The smallest absolute Gasteiger partial charge is 0.287 e. The van der Waals surface area contributed by atoms with Gasteiger partial charge in [0.25, 0.3) is 5.56 Å². The van der Waals surface area contributed by atoms with E-state index in [4.69, 9.17) is 11.6 Å². The van der Waals surface area contributed by atoms with E-state index in [0.717, 1.165) is 0 Å². The Morgan fingerprint density at radius 3 is 2.75 bits per heavy atom. The number of hydrogen-bond acceptors (Lipinski definition) is 5. The first-order valence-electron chi connectivity index (χ1n) is 6.63. The van der Waals surface area contributed by atoms with E-state index in [9.17, 15) is 9.90 Å². The highest BCUT2D eigenvalue weighted by molar-refractivity contribution is 6.32. The van der Waals surface area contributed by atoms with Crippen LogP contribution < -0.4 is 10.9 Å². The van der Waals surface area contributed by atoms with Gasteiger partial charge in [0.15, 0.2) is 0 Å². The highest BCUT2D eigenvalue weighted by Crippen LogP contribution is 2.17. The molecule has 0 saturated heterocycles. The lowest BCUT2D eigenvalue weighted by molar-refractivity contribution is 0.0697. The van der Waals surface area contributed by atoms with Gasteiger partial charge in [-0.15, -0.1) is 0 Å². The van der Waals surface area contributed by atoms with E-state index in [0.29, 0.717) is 31.7 Å². The molecule has 0 amide bonds. The number of aliphatic hydroxyl groups is 1. The van der Waals surface area contributed by atoms with Crippen molar-refractivity contribution in [1.82, 2.24) is 14.7 Å². The Morgan fingerprint density at radius 1 is 1.55 bits per heavy atom. The van der Waals surface area contributed by atoms with Crippen LogP contribution in [0.2, 0.25) is 5.02 Å². The molecular formula is C13H23ClN4O2. The van der Waals surface area contributed by atoms with E-state index in [1.165, 1.54) is 10.9 Å². The quantitative estimate of drug-likeness (QED) is 0.787. The molecule has 1 aromatic heterocycles. The average Bonchev–Trinajstić information content (AvgIpc) is 2.39. The van der Waals surface area contributed by atoms with Gasteiger partial charge >= 0.3 is 0 Å². The van der Waals surface area contributed by atoms with Gasteiger partial charge in [-0.05, 0) is 27.4 Å². The van der Waals surface area contributed by atoms with Crippen molar-refractivity contribution >= 4 is 17.3 Å². The SMILES string of the molecule is CCC(C)(O)CNc1cnn(CCN(C)C)c(=O)c1Cl. The van der Waals surface area contributed by atoms with E-state index in [1.807, 2.05) is 25.9 Å². The molecule has 114 valence electrons. The van der Waals surface area contributed by atoms with Crippen LogP contribution in [0.4, 0.5) is 5.69 Å². The van der Waals surface area contributed by atoms with E-state index in [1.54, 1.807) is 6.92 Å². The van der Waals surface area contributed by atoms with Crippen LogP contribution in [0.3, 0.4) is 0 Å². The molecule has 1 rings (SSSR count). The largest absolute Gasteiger partial charge is 0.388 e. The predicted octanol–water partition coefficient (Wildman–Crippen LogP) is 1.03. The number of aromatic nitrogens is 2. The van der Waals surface area contributed by atoms with Crippen molar-refractivity contribution in [2.75, 3.05) is 32.5 Å². The number of nitrogens with one attached hydrogen (secondary N) is 1. The number of anilines is 1. The molecule has 6 nitrogen and oxygen atoms in total. The summed E-state index contributed by atoms with van der Waals surface area (Å²) in [6, 6.07) is 0. The fourth-order valence-electron chi connectivity index (χ4n) is 1.45. The third kappa shape index (κ3) is 4.77. The van der Waals surface area contributed by atoms with Crippen molar-refractivity contribution in [3.63, 3.8) is 0 Å². The number of halogens is 1. The monoisotopic (exact) mass is 302 g/mol. The Bertz CT molecular complexity index is 500.